The van der Waals surface area contributed by atoms with Crippen LogP contribution < -0.4 is 0 Å². The van der Waals surface area contributed by atoms with Crippen LogP contribution in [0.15, 0.2) is 12.2 Å². The Bertz CT molecular complexity index is 282. The second kappa shape index (κ2) is 4.96. The maximum atomic E-state index is 10.8. The van der Waals surface area contributed by atoms with Gasteiger partial charge in [-0.15, -0.1) is 0 Å². The minimum Gasteiger partial charge on any atom is -0.458 e. The van der Waals surface area contributed by atoms with Crippen molar-refractivity contribution in [1.82, 2.24) is 0 Å². The number of esters is 2. The molecule has 3 atom stereocenters. The number of ether oxygens (including phenoxy) is 2. The average molecular weight is 212 g/mol. The zero-order valence-electron chi connectivity index (χ0n) is 9.23. The van der Waals surface area contributed by atoms with Crippen LogP contribution in [-0.2, 0) is 19.1 Å². The third-order valence-corrected chi connectivity index (χ3v) is 2.30. The number of carbonyl (C=O) groups excluding carboxylic acids is 2. The minimum absolute atomic E-state index is 0.170. The number of hydrogen-bond donors (Lipinski definition) is 0. The predicted molar refractivity (Wildman–Crippen MR) is 54.0 cm³/mol. The molecule has 4 nitrogen and oxygen atoms in total. The quantitative estimate of drug-likeness (QED) is 0.513. The molecule has 0 aromatic heterocycles. The lowest BCUT2D eigenvalue weighted by molar-refractivity contribution is -0.151. The van der Waals surface area contributed by atoms with Gasteiger partial charge in [0.15, 0.2) is 0 Å². The lowest BCUT2D eigenvalue weighted by Crippen LogP contribution is -2.31. The maximum absolute atomic E-state index is 10.8. The zero-order chi connectivity index (χ0) is 11.4. The Morgan fingerprint density at radius 1 is 1.13 bits per heavy atom. The monoisotopic (exact) mass is 212 g/mol. The lowest BCUT2D eigenvalue weighted by atomic mass is 9.91. The Hall–Kier alpha value is -1.32. The highest BCUT2D eigenvalue weighted by atomic mass is 16.5. The van der Waals surface area contributed by atoms with Gasteiger partial charge in [-0.3, -0.25) is 9.59 Å². The Morgan fingerprint density at radius 3 is 2.20 bits per heavy atom. The van der Waals surface area contributed by atoms with Crippen molar-refractivity contribution in [2.75, 3.05) is 0 Å². The van der Waals surface area contributed by atoms with Gasteiger partial charge in [0.1, 0.15) is 12.2 Å². The first-order valence-corrected chi connectivity index (χ1v) is 5.02. The number of carbonyl (C=O) groups is 2. The summed E-state index contributed by atoms with van der Waals surface area (Å²) in [4.78, 5) is 21.5. The smallest absolute Gasteiger partial charge is 0.303 e. The molecule has 1 unspecified atom stereocenters. The molecule has 4 heteroatoms. The van der Waals surface area contributed by atoms with Crippen molar-refractivity contribution in [2.24, 2.45) is 5.92 Å². The summed E-state index contributed by atoms with van der Waals surface area (Å²) in [5, 5.41) is 0. The van der Waals surface area contributed by atoms with Crippen LogP contribution in [-0.4, -0.2) is 24.1 Å². The Labute approximate surface area is 89.2 Å². The van der Waals surface area contributed by atoms with E-state index in [4.69, 9.17) is 9.47 Å². The Morgan fingerprint density at radius 2 is 1.73 bits per heavy atom. The second-order valence-electron chi connectivity index (χ2n) is 3.82. The van der Waals surface area contributed by atoms with Crippen LogP contribution >= 0.6 is 0 Å². The topological polar surface area (TPSA) is 52.6 Å². The molecule has 0 spiro atoms. The van der Waals surface area contributed by atoms with E-state index in [2.05, 4.69) is 0 Å². The van der Waals surface area contributed by atoms with E-state index in [1.807, 2.05) is 6.92 Å². The van der Waals surface area contributed by atoms with E-state index in [9.17, 15) is 9.59 Å². The highest BCUT2D eigenvalue weighted by molar-refractivity contribution is 5.67. The molecule has 0 aromatic carbocycles. The van der Waals surface area contributed by atoms with E-state index in [0.29, 0.717) is 6.42 Å². The van der Waals surface area contributed by atoms with E-state index in [-0.39, 0.29) is 30.1 Å². The van der Waals surface area contributed by atoms with Crippen LogP contribution in [0.1, 0.15) is 27.2 Å². The first-order valence-electron chi connectivity index (χ1n) is 5.02. The van der Waals surface area contributed by atoms with Crippen LogP contribution in [0.2, 0.25) is 0 Å². The third kappa shape index (κ3) is 3.73. The van der Waals surface area contributed by atoms with Gasteiger partial charge < -0.3 is 9.47 Å². The van der Waals surface area contributed by atoms with Gasteiger partial charge in [0.05, 0.1) is 0 Å². The van der Waals surface area contributed by atoms with Crippen molar-refractivity contribution in [2.45, 2.75) is 39.4 Å². The van der Waals surface area contributed by atoms with Crippen LogP contribution in [0.4, 0.5) is 0 Å². The average Bonchev–Trinajstić information content (AvgIpc) is 2.08. The molecule has 84 valence electrons. The number of hydrogen-bond acceptors (Lipinski definition) is 4. The summed E-state index contributed by atoms with van der Waals surface area (Å²) in [7, 11) is 0. The molecular formula is C11H16O4. The van der Waals surface area contributed by atoms with E-state index in [1.54, 1.807) is 12.2 Å². The first kappa shape index (κ1) is 11.8. The molecule has 0 bridgehead atoms. The Kier molecular flexibility index (Phi) is 3.88. The fraction of sp³-hybridized carbons (Fsp3) is 0.636. The van der Waals surface area contributed by atoms with Crippen LogP contribution in [0.5, 0.6) is 0 Å². The first-order chi connectivity index (χ1) is 6.99. The molecule has 0 saturated carbocycles. The molecular weight excluding hydrogens is 196 g/mol. The van der Waals surface area contributed by atoms with Gasteiger partial charge >= 0.3 is 11.9 Å². The van der Waals surface area contributed by atoms with Crippen molar-refractivity contribution in [1.29, 1.82) is 0 Å². The van der Waals surface area contributed by atoms with Crippen molar-refractivity contribution >= 4 is 11.9 Å². The van der Waals surface area contributed by atoms with Crippen LogP contribution in [0.25, 0.3) is 0 Å². The van der Waals surface area contributed by atoms with E-state index in [0.717, 1.165) is 0 Å². The SMILES string of the molecule is CC(=O)O[C@@H]1C=C[C@H](OC(C)=O)C(C)C1. The summed E-state index contributed by atoms with van der Waals surface area (Å²) < 4.78 is 10.1. The molecule has 15 heavy (non-hydrogen) atoms. The summed E-state index contributed by atoms with van der Waals surface area (Å²) in [6.45, 7) is 4.74. The molecule has 1 rings (SSSR count). The van der Waals surface area contributed by atoms with Crippen LogP contribution in [0, 0.1) is 5.92 Å². The zero-order valence-corrected chi connectivity index (χ0v) is 9.23. The highest BCUT2D eigenvalue weighted by Gasteiger charge is 2.26. The van der Waals surface area contributed by atoms with Crippen molar-refractivity contribution < 1.29 is 19.1 Å². The molecule has 0 fully saturated rings. The highest BCUT2D eigenvalue weighted by Crippen LogP contribution is 2.23. The van der Waals surface area contributed by atoms with Gasteiger partial charge in [-0.25, -0.2) is 0 Å². The molecule has 0 amide bonds. The molecule has 0 aromatic rings. The minimum atomic E-state index is -0.289. The molecule has 0 radical (unpaired) electrons. The normalized spacial score (nSPS) is 29.7. The molecule has 1 aliphatic carbocycles. The molecule has 0 N–H and O–H groups in total. The molecule has 0 saturated heterocycles. The third-order valence-electron chi connectivity index (χ3n) is 2.30. The Balaban J connectivity index is 2.54. The fourth-order valence-corrected chi connectivity index (χ4v) is 1.65. The van der Waals surface area contributed by atoms with Gasteiger partial charge in [0.2, 0.25) is 0 Å². The summed E-state index contributed by atoms with van der Waals surface area (Å²) in [5.41, 5.74) is 0. The molecule has 0 aliphatic heterocycles. The van der Waals surface area contributed by atoms with E-state index < -0.39 is 0 Å². The summed E-state index contributed by atoms with van der Waals surface area (Å²) in [5.74, 6) is -0.409. The fourth-order valence-electron chi connectivity index (χ4n) is 1.65. The summed E-state index contributed by atoms with van der Waals surface area (Å²) >= 11 is 0. The van der Waals surface area contributed by atoms with E-state index >= 15 is 0 Å². The second-order valence-corrected chi connectivity index (χ2v) is 3.82. The van der Waals surface area contributed by atoms with Crippen molar-refractivity contribution in [3.8, 4) is 0 Å². The summed E-state index contributed by atoms with van der Waals surface area (Å²) in [6.07, 6.45) is 3.85. The van der Waals surface area contributed by atoms with Gasteiger partial charge in [-0.2, -0.15) is 0 Å². The van der Waals surface area contributed by atoms with E-state index in [1.165, 1.54) is 13.8 Å². The van der Waals surface area contributed by atoms with Crippen LogP contribution in [0.3, 0.4) is 0 Å². The number of rotatable bonds is 2. The largest absolute Gasteiger partial charge is 0.458 e. The van der Waals surface area contributed by atoms with Crippen molar-refractivity contribution in [3.63, 3.8) is 0 Å². The van der Waals surface area contributed by atoms with Gasteiger partial charge in [0, 0.05) is 19.8 Å². The molecule has 1 aliphatic rings. The lowest BCUT2D eigenvalue weighted by Gasteiger charge is -2.28. The maximum Gasteiger partial charge on any atom is 0.303 e. The van der Waals surface area contributed by atoms with Gasteiger partial charge in [-0.1, -0.05) is 6.92 Å². The van der Waals surface area contributed by atoms with Gasteiger partial charge in [-0.05, 0) is 18.6 Å². The van der Waals surface area contributed by atoms with Crippen molar-refractivity contribution in [3.05, 3.63) is 12.2 Å². The standard InChI is InChI=1S/C11H16O4/c1-7-6-10(14-8(2)12)4-5-11(7)15-9(3)13/h4-5,7,10-11H,6H2,1-3H3/t7?,10-,11+/m1/s1. The predicted octanol–water partition coefficient (Wildman–Crippen LogP) is 1.45. The molecule has 0 heterocycles. The summed E-state index contributed by atoms with van der Waals surface area (Å²) in [6, 6.07) is 0. The van der Waals surface area contributed by atoms with Gasteiger partial charge in [0.25, 0.3) is 0 Å².